The summed E-state index contributed by atoms with van der Waals surface area (Å²) < 4.78 is 0. The predicted molar refractivity (Wildman–Crippen MR) is 159 cm³/mol. The van der Waals surface area contributed by atoms with Crippen LogP contribution in [0.3, 0.4) is 0 Å². The van der Waals surface area contributed by atoms with Gasteiger partial charge in [-0.2, -0.15) is 0 Å². The van der Waals surface area contributed by atoms with E-state index >= 15 is 0 Å². The van der Waals surface area contributed by atoms with Gasteiger partial charge in [0.2, 0.25) is 0 Å². The topological polar surface area (TPSA) is 12.0 Å². The maximum Gasteiger partial charge on any atom is 0.148 e. The smallest absolute Gasteiger partial charge is 0.148 e. The number of nitrogens with one attached hydrogen (secondary N) is 1. The van der Waals surface area contributed by atoms with Crippen molar-refractivity contribution in [3.63, 3.8) is 0 Å². The number of rotatable bonds is 7. The Morgan fingerprint density at radius 2 is 1.17 bits per heavy atom. The molecule has 3 rings (SSSR count). The molecule has 3 heteroatoms. The minimum atomic E-state index is -1.53. The molecule has 0 saturated heterocycles. The molecule has 1 aliphatic carbocycles. The summed E-state index contributed by atoms with van der Waals surface area (Å²) in [4.78, 5) is 3.89. The van der Waals surface area contributed by atoms with E-state index in [1.54, 1.807) is 16.3 Å². The Labute approximate surface area is 237 Å². The minimum Gasteiger partial charge on any atom is -0.329 e. The van der Waals surface area contributed by atoms with E-state index in [0.717, 1.165) is 12.8 Å². The molecule has 1 atom stereocenters. The largest absolute Gasteiger partial charge is 0.329 e. The molecule has 192 valence electrons. The van der Waals surface area contributed by atoms with E-state index in [1.807, 2.05) is 12.1 Å². The van der Waals surface area contributed by atoms with E-state index in [1.165, 1.54) is 16.7 Å². The molecule has 1 aliphatic rings. The molecule has 0 aliphatic heterocycles. The van der Waals surface area contributed by atoms with Crippen LogP contribution in [0.15, 0.2) is 107 Å². The summed E-state index contributed by atoms with van der Waals surface area (Å²) >= 11 is 0. The molecule has 2 aromatic carbocycles. The van der Waals surface area contributed by atoms with Crippen molar-refractivity contribution in [3.05, 3.63) is 118 Å². The van der Waals surface area contributed by atoms with Gasteiger partial charge in [-0.05, 0) is 77.0 Å². The van der Waals surface area contributed by atoms with Gasteiger partial charge in [0, 0.05) is 27.3 Å². The summed E-state index contributed by atoms with van der Waals surface area (Å²) in [6, 6.07) is 21.0. The van der Waals surface area contributed by atoms with Crippen LogP contribution in [0.1, 0.15) is 59.6 Å². The van der Waals surface area contributed by atoms with Crippen molar-refractivity contribution < 1.29 is 21.7 Å². The van der Waals surface area contributed by atoms with Gasteiger partial charge in [-0.3, -0.25) is 0 Å². The second-order valence-electron chi connectivity index (χ2n) is 11.3. The van der Waals surface area contributed by atoms with Crippen LogP contribution in [0.4, 0.5) is 0 Å². The molecule has 36 heavy (non-hydrogen) atoms. The maximum atomic E-state index is 3.89. The molecule has 0 saturated carbocycles. The monoisotopic (exact) mass is 533 g/mol. The van der Waals surface area contributed by atoms with Crippen molar-refractivity contribution in [1.29, 1.82) is 0 Å². The SMILES string of the molecule is C(C=CCc1ccccc1)=CCc1ccccc1.CC1=C(C)C(C)C([Si](C)(C)NC(C)(C)C)=C1C.[Ti]. The first-order valence-corrected chi connectivity index (χ1v) is 16.0. The quantitative estimate of drug-likeness (QED) is 0.277. The molecule has 0 heterocycles. The van der Waals surface area contributed by atoms with Crippen molar-refractivity contribution in [3.8, 4) is 0 Å². The molecule has 1 unspecified atom stereocenters. The van der Waals surface area contributed by atoms with Crippen molar-refractivity contribution >= 4 is 8.24 Å². The van der Waals surface area contributed by atoms with Crippen LogP contribution < -0.4 is 4.98 Å². The zero-order valence-electron chi connectivity index (χ0n) is 24.1. The van der Waals surface area contributed by atoms with Crippen molar-refractivity contribution in [2.75, 3.05) is 0 Å². The van der Waals surface area contributed by atoms with Crippen LogP contribution in [-0.4, -0.2) is 13.8 Å². The third-order valence-electron chi connectivity index (χ3n) is 6.78. The normalized spacial score (nSPS) is 16.4. The zero-order chi connectivity index (χ0) is 26.1. The van der Waals surface area contributed by atoms with Crippen LogP contribution >= 0.6 is 0 Å². The molecule has 1 nitrogen and oxygen atoms in total. The number of allylic oxidation sites excluding steroid dienone is 8. The fraction of sp³-hybridized carbons (Fsp3) is 0.394. The first-order valence-electron chi connectivity index (χ1n) is 13.0. The van der Waals surface area contributed by atoms with Crippen LogP contribution in [0.25, 0.3) is 0 Å². The Balaban J connectivity index is 0.000000351. The summed E-state index contributed by atoms with van der Waals surface area (Å²) in [6.07, 6.45) is 10.6. The maximum absolute atomic E-state index is 3.89. The van der Waals surface area contributed by atoms with E-state index in [-0.39, 0.29) is 27.3 Å². The molecule has 0 amide bonds. The molecule has 0 spiro atoms. The molecule has 0 radical (unpaired) electrons. The summed E-state index contributed by atoms with van der Waals surface area (Å²) in [6.45, 7) is 20.9. The second-order valence-corrected chi connectivity index (χ2v) is 15.3. The Kier molecular flexibility index (Phi) is 13.4. The van der Waals surface area contributed by atoms with E-state index in [2.05, 4.69) is 139 Å². The van der Waals surface area contributed by atoms with Gasteiger partial charge in [-0.1, -0.05) is 121 Å². The average molecular weight is 534 g/mol. The van der Waals surface area contributed by atoms with Crippen molar-refractivity contribution in [2.45, 2.75) is 79.9 Å². The first kappa shape index (κ1) is 32.3. The second kappa shape index (κ2) is 14.9. The Hall–Kier alpha value is -1.71. The zero-order valence-corrected chi connectivity index (χ0v) is 26.6. The van der Waals surface area contributed by atoms with Gasteiger partial charge >= 0.3 is 0 Å². The summed E-state index contributed by atoms with van der Waals surface area (Å²) in [5.41, 5.74) is 7.53. The van der Waals surface area contributed by atoms with Crippen molar-refractivity contribution in [1.82, 2.24) is 4.98 Å². The van der Waals surface area contributed by atoms with E-state index in [4.69, 9.17) is 0 Å². The fourth-order valence-corrected chi connectivity index (χ4v) is 9.61. The van der Waals surface area contributed by atoms with Gasteiger partial charge in [-0.25, -0.2) is 0 Å². The third kappa shape index (κ3) is 10.3. The molecule has 0 fully saturated rings. The number of hydrogen-bond acceptors (Lipinski definition) is 1. The number of benzene rings is 2. The average Bonchev–Trinajstić information content (AvgIpc) is 2.99. The Morgan fingerprint density at radius 1 is 0.750 bits per heavy atom. The van der Waals surface area contributed by atoms with Crippen LogP contribution in [0, 0.1) is 5.92 Å². The van der Waals surface area contributed by atoms with Crippen LogP contribution in [-0.2, 0) is 34.6 Å². The van der Waals surface area contributed by atoms with Crippen LogP contribution in [0.2, 0.25) is 13.1 Å². The van der Waals surface area contributed by atoms with Gasteiger partial charge in [0.25, 0.3) is 0 Å². The standard InChI is InChI=1S/C18H18.C15H29NSi.Ti/c1(5-11-17-13-7-3-8-14-17)2-6-12-18-15-9-4-10-16-18;1-10-11(2)13(4)14(12(10)3)17(8,9)16-15(5,6)7;/h1-10,13-16H,11-12H2;12,16H,1-9H3;. The van der Waals surface area contributed by atoms with Gasteiger partial charge in [-0.15, -0.1) is 0 Å². The summed E-state index contributed by atoms with van der Waals surface area (Å²) in [5.74, 6) is 0.631. The third-order valence-corrected chi connectivity index (χ3v) is 10.3. The van der Waals surface area contributed by atoms with Gasteiger partial charge < -0.3 is 4.98 Å². The Morgan fingerprint density at radius 3 is 1.50 bits per heavy atom. The van der Waals surface area contributed by atoms with E-state index in [0.29, 0.717) is 5.92 Å². The number of hydrogen-bond donors (Lipinski definition) is 1. The summed E-state index contributed by atoms with van der Waals surface area (Å²) in [5, 5.41) is 1.70. The van der Waals surface area contributed by atoms with Gasteiger partial charge in [0.15, 0.2) is 0 Å². The molecule has 2 aromatic rings. The van der Waals surface area contributed by atoms with E-state index < -0.39 is 8.24 Å². The predicted octanol–water partition coefficient (Wildman–Crippen LogP) is 9.00. The van der Waals surface area contributed by atoms with Crippen molar-refractivity contribution in [2.24, 2.45) is 5.92 Å². The Bertz CT molecular complexity index is 1000. The molecule has 0 bridgehead atoms. The summed E-state index contributed by atoms with van der Waals surface area (Å²) in [7, 11) is -1.53. The molecular weight excluding hydrogens is 486 g/mol. The molecular formula is C33H47NSiTi. The van der Waals surface area contributed by atoms with Gasteiger partial charge in [0.05, 0.1) is 0 Å². The molecule has 1 N–H and O–H groups in total. The molecule has 0 aromatic heterocycles. The fourth-order valence-electron chi connectivity index (χ4n) is 5.17. The first-order chi connectivity index (χ1) is 16.4. The van der Waals surface area contributed by atoms with Gasteiger partial charge in [0.1, 0.15) is 8.24 Å². The minimum absolute atomic E-state index is 0. The van der Waals surface area contributed by atoms with Crippen LogP contribution in [0.5, 0.6) is 0 Å². The van der Waals surface area contributed by atoms with E-state index in [9.17, 15) is 0 Å².